The lowest BCUT2D eigenvalue weighted by molar-refractivity contribution is 0.720. The molecule has 2 aromatic rings. The van der Waals surface area contributed by atoms with Crippen LogP contribution in [0.2, 0.25) is 5.02 Å². The molecular formula is C14H13ClN2O. The number of pyridine rings is 1. The Morgan fingerprint density at radius 1 is 1.17 bits per heavy atom. The summed E-state index contributed by atoms with van der Waals surface area (Å²) in [6.07, 6.45) is 2.08. The summed E-state index contributed by atoms with van der Waals surface area (Å²) in [5, 5.41) is 0.650. The minimum Gasteiger partial charge on any atom is -0.385 e. The summed E-state index contributed by atoms with van der Waals surface area (Å²) in [7, 11) is 0. The molecule has 2 N–H and O–H groups in total. The van der Waals surface area contributed by atoms with Crippen LogP contribution < -0.4 is 11.3 Å². The third-order valence-electron chi connectivity index (χ3n) is 3.17. The van der Waals surface area contributed by atoms with Gasteiger partial charge in [0.1, 0.15) is 5.82 Å². The number of benzene rings is 1. The molecule has 1 aromatic heterocycles. The van der Waals surface area contributed by atoms with Crippen LogP contribution in [0.15, 0.2) is 41.2 Å². The van der Waals surface area contributed by atoms with E-state index in [0.29, 0.717) is 16.9 Å². The molecule has 0 amide bonds. The standard InChI is InChI=1S/C14H13ClN2O/c15-11-3-1-2-9(6-11)10-7-13(16)17(12-4-5-12)14(18)8-10/h1-3,6-8,12H,4-5,16H2. The van der Waals surface area contributed by atoms with Crippen molar-refractivity contribution in [3.05, 3.63) is 51.8 Å². The summed E-state index contributed by atoms with van der Waals surface area (Å²) in [5.74, 6) is 0.528. The van der Waals surface area contributed by atoms with Gasteiger partial charge in [0.15, 0.2) is 0 Å². The molecule has 0 spiro atoms. The van der Waals surface area contributed by atoms with Crippen molar-refractivity contribution in [1.29, 1.82) is 0 Å². The molecule has 3 rings (SSSR count). The summed E-state index contributed by atoms with van der Waals surface area (Å²) >= 11 is 5.95. The molecule has 92 valence electrons. The van der Waals surface area contributed by atoms with Gasteiger partial charge in [-0.05, 0) is 42.2 Å². The van der Waals surface area contributed by atoms with Crippen molar-refractivity contribution in [3.63, 3.8) is 0 Å². The third-order valence-corrected chi connectivity index (χ3v) is 3.40. The van der Waals surface area contributed by atoms with Gasteiger partial charge in [-0.25, -0.2) is 0 Å². The summed E-state index contributed by atoms with van der Waals surface area (Å²) in [5.41, 5.74) is 7.66. The normalized spacial score (nSPS) is 14.7. The van der Waals surface area contributed by atoms with Gasteiger partial charge < -0.3 is 5.73 Å². The fraction of sp³-hybridized carbons (Fsp3) is 0.214. The first-order valence-corrected chi connectivity index (χ1v) is 6.31. The summed E-state index contributed by atoms with van der Waals surface area (Å²) in [6, 6.07) is 11.2. The molecule has 1 aliphatic rings. The van der Waals surface area contributed by atoms with Crippen molar-refractivity contribution in [1.82, 2.24) is 4.57 Å². The van der Waals surface area contributed by atoms with Gasteiger partial charge in [-0.3, -0.25) is 9.36 Å². The number of nitrogens with two attached hydrogens (primary N) is 1. The van der Waals surface area contributed by atoms with E-state index < -0.39 is 0 Å². The lowest BCUT2D eigenvalue weighted by atomic mass is 10.1. The van der Waals surface area contributed by atoms with Crippen LogP contribution >= 0.6 is 11.6 Å². The van der Waals surface area contributed by atoms with Gasteiger partial charge in [0.2, 0.25) is 0 Å². The maximum Gasteiger partial charge on any atom is 0.252 e. The van der Waals surface area contributed by atoms with E-state index in [2.05, 4.69) is 0 Å². The van der Waals surface area contributed by atoms with Crippen molar-refractivity contribution in [2.24, 2.45) is 0 Å². The van der Waals surface area contributed by atoms with Crippen LogP contribution in [0.1, 0.15) is 18.9 Å². The molecule has 0 unspecified atom stereocenters. The molecule has 4 heteroatoms. The van der Waals surface area contributed by atoms with Gasteiger partial charge in [0.05, 0.1) is 0 Å². The average Bonchev–Trinajstić information content (AvgIpc) is 3.12. The van der Waals surface area contributed by atoms with Crippen molar-refractivity contribution in [3.8, 4) is 11.1 Å². The number of anilines is 1. The van der Waals surface area contributed by atoms with E-state index in [0.717, 1.165) is 24.0 Å². The fourth-order valence-corrected chi connectivity index (χ4v) is 2.35. The third kappa shape index (κ3) is 2.02. The smallest absolute Gasteiger partial charge is 0.252 e. The average molecular weight is 261 g/mol. The van der Waals surface area contributed by atoms with Gasteiger partial charge >= 0.3 is 0 Å². The molecule has 1 heterocycles. The summed E-state index contributed by atoms with van der Waals surface area (Å²) < 4.78 is 1.67. The Kier molecular flexibility index (Phi) is 2.63. The molecule has 1 aliphatic carbocycles. The Morgan fingerprint density at radius 2 is 1.94 bits per heavy atom. The van der Waals surface area contributed by atoms with E-state index in [1.807, 2.05) is 24.3 Å². The molecule has 1 aromatic carbocycles. The van der Waals surface area contributed by atoms with E-state index in [1.54, 1.807) is 16.7 Å². The van der Waals surface area contributed by atoms with Crippen molar-refractivity contribution < 1.29 is 0 Å². The molecule has 3 nitrogen and oxygen atoms in total. The zero-order chi connectivity index (χ0) is 12.7. The first-order valence-electron chi connectivity index (χ1n) is 5.93. The lowest BCUT2D eigenvalue weighted by Gasteiger charge is -2.10. The maximum absolute atomic E-state index is 12.1. The molecule has 18 heavy (non-hydrogen) atoms. The molecule has 0 atom stereocenters. The van der Waals surface area contributed by atoms with E-state index >= 15 is 0 Å². The van der Waals surface area contributed by atoms with Crippen molar-refractivity contribution >= 4 is 17.4 Å². The van der Waals surface area contributed by atoms with E-state index in [9.17, 15) is 4.79 Å². The Bertz CT molecular complexity index is 659. The number of halogens is 1. The van der Waals surface area contributed by atoms with Gasteiger partial charge in [0.25, 0.3) is 5.56 Å². The highest BCUT2D eigenvalue weighted by molar-refractivity contribution is 6.30. The minimum absolute atomic E-state index is 0.0347. The quantitative estimate of drug-likeness (QED) is 0.902. The largest absolute Gasteiger partial charge is 0.385 e. The Labute approximate surface area is 110 Å². The molecule has 0 saturated heterocycles. The Hall–Kier alpha value is -1.74. The zero-order valence-electron chi connectivity index (χ0n) is 9.77. The Morgan fingerprint density at radius 3 is 2.56 bits per heavy atom. The fourth-order valence-electron chi connectivity index (χ4n) is 2.16. The SMILES string of the molecule is Nc1cc(-c2cccc(Cl)c2)cc(=O)n1C1CC1. The Balaban J connectivity index is 2.11. The van der Waals surface area contributed by atoms with Crippen LogP contribution in [0.5, 0.6) is 0 Å². The van der Waals surface area contributed by atoms with Crippen LogP contribution in [-0.4, -0.2) is 4.57 Å². The summed E-state index contributed by atoms with van der Waals surface area (Å²) in [6.45, 7) is 0. The second kappa shape index (κ2) is 4.18. The molecule has 0 radical (unpaired) electrons. The zero-order valence-corrected chi connectivity index (χ0v) is 10.5. The van der Waals surface area contributed by atoms with Gasteiger partial charge in [0, 0.05) is 17.1 Å². The number of nitrogens with zero attached hydrogens (tertiary/aromatic N) is 1. The minimum atomic E-state index is -0.0347. The number of aromatic nitrogens is 1. The van der Waals surface area contributed by atoms with Gasteiger partial charge in [-0.15, -0.1) is 0 Å². The second-order valence-corrected chi connectivity index (χ2v) is 5.06. The highest BCUT2D eigenvalue weighted by atomic mass is 35.5. The van der Waals surface area contributed by atoms with Crippen LogP contribution in [-0.2, 0) is 0 Å². The second-order valence-electron chi connectivity index (χ2n) is 4.62. The number of nitrogen functional groups attached to an aromatic ring is 1. The van der Waals surface area contributed by atoms with Crippen LogP contribution in [0.4, 0.5) is 5.82 Å². The lowest BCUT2D eigenvalue weighted by Crippen LogP contribution is -2.21. The van der Waals surface area contributed by atoms with Gasteiger partial charge in [-0.1, -0.05) is 23.7 Å². The molecule has 1 fully saturated rings. The van der Waals surface area contributed by atoms with Gasteiger partial charge in [-0.2, -0.15) is 0 Å². The maximum atomic E-state index is 12.1. The van der Waals surface area contributed by atoms with Crippen LogP contribution in [0.3, 0.4) is 0 Å². The predicted molar refractivity (Wildman–Crippen MR) is 73.8 cm³/mol. The van der Waals surface area contributed by atoms with Crippen LogP contribution in [0.25, 0.3) is 11.1 Å². The van der Waals surface area contributed by atoms with Crippen molar-refractivity contribution in [2.75, 3.05) is 5.73 Å². The molecular weight excluding hydrogens is 248 g/mol. The van der Waals surface area contributed by atoms with Crippen molar-refractivity contribution in [2.45, 2.75) is 18.9 Å². The molecule has 0 aliphatic heterocycles. The van der Waals surface area contributed by atoms with E-state index in [-0.39, 0.29) is 5.56 Å². The highest BCUT2D eigenvalue weighted by Crippen LogP contribution is 2.36. The predicted octanol–water partition coefficient (Wildman–Crippen LogP) is 3.09. The highest BCUT2D eigenvalue weighted by Gasteiger charge is 2.26. The number of rotatable bonds is 2. The topological polar surface area (TPSA) is 48.0 Å². The number of hydrogen-bond acceptors (Lipinski definition) is 2. The first-order chi connectivity index (χ1) is 8.65. The summed E-state index contributed by atoms with van der Waals surface area (Å²) in [4.78, 5) is 12.1. The van der Waals surface area contributed by atoms with E-state index in [1.165, 1.54) is 0 Å². The monoisotopic (exact) mass is 260 g/mol. The first kappa shape index (κ1) is 11.4. The van der Waals surface area contributed by atoms with E-state index in [4.69, 9.17) is 17.3 Å². The van der Waals surface area contributed by atoms with Crippen LogP contribution in [0, 0.1) is 0 Å². The molecule has 1 saturated carbocycles. The molecule has 0 bridgehead atoms. The number of hydrogen-bond donors (Lipinski definition) is 1.